The fourth-order valence-corrected chi connectivity index (χ4v) is 6.64. The average Bonchev–Trinajstić information content (AvgIpc) is 3.07. The fourth-order valence-electron chi connectivity index (χ4n) is 6.64. The molecule has 5 rings (SSSR count). The molecule has 5 aliphatic rings. The Kier molecular flexibility index (Phi) is 9.31. The summed E-state index contributed by atoms with van der Waals surface area (Å²) in [5.74, 6) is -0.791. The van der Waals surface area contributed by atoms with Crippen LogP contribution in [0, 0.1) is 23.7 Å². The molecule has 1 saturated carbocycles. The van der Waals surface area contributed by atoms with Gasteiger partial charge in [-0.2, -0.15) is 0 Å². The van der Waals surface area contributed by atoms with Gasteiger partial charge in [0.2, 0.25) is 5.79 Å². The lowest BCUT2D eigenvalue weighted by atomic mass is 9.58. The lowest BCUT2D eigenvalue weighted by molar-refractivity contribution is -0.577. The summed E-state index contributed by atoms with van der Waals surface area (Å²) in [6.45, 7) is 7.48. The number of esters is 1. The number of carboxylic acids is 1. The molecule has 0 aromatic carbocycles. The van der Waals surface area contributed by atoms with E-state index in [4.69, 9.17) is 33.8 Å². The van der Waals surface area contributed by atoms with Crippen LogP contribution in [-0.4, -0.2) is 54.2 Å². The SMILES string of the molecule is C[C@H]1[C@@H](OCCCCCCCCOC(=O)CCC(=O)O)O[C@@H]2O[C@]3(C)CC[C@H]4[C@H](C)CC[C@@H]1[C@@]24OO3. The molecule has 9 nitrogen and oxygen atoms in total. The summed E-state index contributed by atoms with van der Waals surface area (Å²) in [5.41, 5.74) is -0.544. The van der Waals surface area contributed by atoms with Gasteiger partial charge in [0.15, 0.2) is 18.2 Å². The first-order valence-corrected chi connectivity index (χ1v) is 13.9. The van der Waals surface area contributed by atoms with Crippen molar-refractivity contribution >= 4 is 11.9 Å². The molecule has 0 unspecified atom stereocenters. The minimum atomic E-state index is -0.982. The molecule has 206 valence electrons. The highest BCUT2D eigenvalue weighted by Crippen LogP contribution is 2.60. The van der Waals surface area contributed by atoms with Gasteiger partial charge >= 0.3 is 11.9 Å². The molecule has 2 bridgehead atoms. The minimum Gasteiger partial charge on any atom is -0.481 e. The van der Waals surface area contributed by atoms with Crippen molar-refractivity contribution in [1.29, 1.82) is 0 Å². The maximum absolute atomic E-state index is 11.4. The van der Waals surface area contributed by atoms with Crippen molar-refractivity contribution < 1.29 is 43.4 Å². The lowest BCUT2D eigenvalue weighted by Crippen LogP contribution is -2.70. The molecule has 5 fully saturated rings. The van der Waals surface area contributed by atoms with Gasteiger partial charge in [0, 0.05) is 24.9 Å². The Labute approximate surface area is 214 Å². The van der Waals surface area contributed by atoms with E-state index in [-0.39, 0.29) is 31.0 Å². The van der Waals surface area contributed by atoms with Gasteiger partial charge in [-0.05, 0) is 50.9 Å². The van der Waals surface area contributed by atoms with E-state index in [1.165, 1.54) is 6.42 Å². The summed E-state index contributed by atoms with van der Waals surface area (Å²) < 4.78 is 24.1. The highest BCUT2D eigenvalue weighted by Gasteiger charge is 2.69. The number of carbonyl (C=O) groups excluding carboxylic acids is 1. The number of ether oxygens (including phenoxy) is 4. The number of fused-ring (bicyclic) bond motifs is 2. The van der Waals surface area contributed by atoms with Crippen LogP contribution >= 0.6 is 0 Å². The molecular weight excluding hydrogens is 468 g/mol. The molecule has 4 saturated heterocycles. The average molecular weight is 513 g/mol. The van der Waals surface area contributed by atoms with Gasteiger partial charge in [0.05, 0.1) is 19.4 Å². The van der Waals surface area contributed by atoms with E-state index >= 15 is 0 Å². The molecule has 1 N–H and O–H groups in total. The molecule has 0 radical (unpaired) electrons. The van der Waals surface area contributed by atoms with Crippen LogP contribution < -0.4 is 0 Å². The number of carbonyl (C=O) groups is 2. The van der Waals surface area contributed by atoms with Gasteiger partial charge < -0.3 is 24.1 Å². The highest BCUT2D eigenvalue weighted by atomic mass is 17.3. The maximum atomic E-state index is 11.4. The van der Waals surface area contributed by atoms with Crippen molar-refractivity contribution in [2.24, 2.45) is 23.7 Å². The molecule has 0 amide bonds. The molecule has 4 heterocycles. The molecule has 1 aliphatic carbocycles. The van der Waals surface area contributed by atoms with E-state index in [1.807, 2.05) is 6.92 Å². The lowest BCUT2D eigenvalue weighted by Gasteiger charge is -2.60. The molecule has 1 spiro atoms. The first-order chi connectivity index (χ1) is 17.2. The van der Waals surface area contributed by atoms with E-state index in [0.717, 1.165) is 57.8 Å². The number of hydrogen-bond acceptors (Lipinski definition) is 8. The Bertz CT molecular complexity index is 760. The molecule has 0 aromatic heterocycles. The first-order valence-electron chi connectivity index (χ1n) is 13.9. The van der Waals surface area contributed by atoms with Crippen molar-refractivity contribution in [3.63, 3.8) is 0 Å². The van der Waals surface area contributed by atoms with Crippen LogP contribution in [0.5, 0.6) is 0 Å². The van der Waals surface area contributed by atoms with Crippen LogP contribution in [0.4, 0.5) is 0 Å². The normalized spacial score (nSPS) is 39.3. The van der Waals surface area contributed by atoms with Gasteiger partial charge in [-0.3, -0.25) is 9.59 Å². The Balaban J connectivity index is 1.14. The van der Waals surface area contributed by atoms with E-state index in [0.29, 0.717) is 25.0 Å². The number of rotatable bonds is 13. The number of carboxylic acid groups (broad SMARTS) is 1. The second kappa shape index (κ2) is 12.1. The van der Waals surface area contributed by atoms with E-state index in [9.17, 15) is 9.59 Å². The summed E-state index contributed by atoms with van der Waals surface area (Å²) in [6, 6.07) is 0. The van der Waals surface area contributed by atoms with E-state index < -0.39 is 29.6 Å². The van der Waals surface area contributed by atoms with Gasteiger partial charge in [-0.15, -0.1) is 0 Å². The summed E-state index contributed by atoms with van der Waals surface area (Å²) in [7, 11) is 0. The maximum Gasteiger partial charge on any atom is 0.306 e. The van der Waals surface area contributed by atoms with Gasteiger partial charge in [0.25, 0.3) is 0 Å². The van der Waals surface area contributed by atoms with Crippen LogP contribution in [0.2, 0.25) is 0 Å². The van der Waals surface area contributed by atoms with Gasteiger partial charge in [0.1, 0.15) is 0 Å². The monoisotopic (exact) mass is 512 g/mol. The van der Waals surface area contributed by atoms with Gasteiger partial charge in [-0.1, -0.05) is 39.5 Å². The highest BCUT2D eigenvalue weighted by molar-refractivity contribution is 5.76. The second-order valence-electron chi connectivity index (χ2n) is 11.4. The topological polar surface area (TPSA) is 110 Å². The smallest absolute Gasteiger partial charge is 0.306 e. The molecule has 8 atom stereocenters. The van der Waals surface area contributed by atoms with Crippen LogP contribution in [0.25, 0.3) is 0 Å². The number of aliphatic carboxylic acids is 1. The van der Waals surface area contributed by atoms with Crippen molar-refractivity contribution in [3.8, 4) is 0 Å². The van der Waals surface area contributed by atoms with Crippen LogP contribution in [0.15, 0.2) is 0 Å². The Morgan fingerprint density at radius 1 is 0.917 bits per heavy atom. The van der Waals surface area contributed by atoms with E-state index in [2.05, 4.69) is 13.8 Å². The second-order valence-corrected chi connectivity index (χ2v) is 11.4. The molecule has 0 aromatic rings. The Morgan fingerprint density at radius 2 is 1.64 bits per heavy atom. The number of hydrogen-bond donors (Lipinski definition) is 1. The van der Waals surface area contributed by atoms with Crippen LogP contribution in [-0.2, 0) is 38.3 Å². The zero-order chi connectivity index (χ0) is 25.8. The number of unbranched alkanes of at least 4 members (excludes halogenated alkanes) is 5. The molecule has 36 heavy (non-hydrogen) atoms. The van der Waals surface area contributed by atoms with Crippen molar-refractivity contribution in [3.05, 3.63) is 0 Å². The van der Waals surface area contributed by atoms with Crippen LogP contribution in [0.1, 0.15) is 97.8 Å². The van der Waals surface area contributed by atoms with Crippen molar-refractivity contribution in [1.82, 2.24) is 0 Å². The summed E-state index contributed by atoms with van der Waals surface area (Å²) in [4.78, 5) is 33.9. The standard InChI is InChI=1S/C27H44O9/c1-18-10-11-21-19(2)24(33-25-27(21)20(18)14-15-26(3,34-25)35-36-27)32-17-9-7-5-4-6-8-16-31-23(30)13-12-22(28)29/h18-21,24-25H,4-17H2,1-3H3,(H,28,29)/t18-,19-,20+,21+,24+,25-,26+,27-/m1/s1. The largest absolute Gasteiger partial charge is 0.481 e. The Hall–Kier alpha value is -1.26. The fraction of sp³-hybridized carbons (Fsp3) is 0.926. The third-order valence-corrected chi connectivity index (χ3v) is 8.72. The summed E-state index contributed by atoms with van der Waals surface area (Å²) in [5, 5.41) is 8.57. The predicted molar refractivity (Wildman–Crippen MR) is 128 cm³/mol. The zero-order valence-electron chi connectivity index (χ0n) is 22.1. The Morgan fingerprint density at radius 3 is 2.39 bits per heavy atom. The zero-order valence-corrected chi connectivity index (χ0v) is 22.1. The summed E-state index contributed by atoms with van der Waals surface area (Å²) >= 11 is 0. The van der Waals surface area contributed by atoms with E-state index in [1.54, 1.807) is 0 Å². The van der Waals surface area contributed by atoms with Crippen molar-refractivity contribution in [2.75, 3.05) is 13.2 Å². The first kappa shape index (κ1) is 27.8. The molecule has 9 heteroatoms. The predicted octanol–water partition coefficient (Wildman–Crippen LogP) is 4.96. The third-order valence-electron chi connectivity index (χ3n) is 8.72. The molecular formula is C27H44O9. The molecule has 4 aliphatic heterocycles. The third kappa shape index (κ3) is 6.07. The minimum absolute atomic E-state index is 0.0624. The van der Waals surface area contributed by atoms with Crippen LogP contribution in [0.3, 0.4) is 0 Å². The summed E-state index contributed by atoms with van der Waals surface area (Å²) in [6.07, 6.45) is 9.07. The van der Waals surface area contributed by atoms with Crippen molar-refractivity contribution in [2.45, 2.75) is 122 Å². The quantitative estimate of drug-likeness (QED) is 0.208. The van der Waals surface area contributed by atoms with Gasteiger partial charge in [-0.25, -0.2) is 9.78 Å².